The number of nitrogens with two attached hydrogens (primary N) is 1. The third kappa shape index (κ3) is 4.94. The summed E-state index contributed by atoms with van der Waals surface area (Å²) in [7, 11) is 0. The van der Waals surface area contributed by atoms with E-state index < -0.39 is 18.3 Å². The lowest BCUT2D eigenvalue weighted by molar-refractivity contribution is 0.0137. The fourth-order valence-electron chi connectivity index (χ4n) is 4.13. The molecular weight excluding hydrogens is 463 g/mol. The number of halogens is 2. The molecule has 6 nitrogen and oxygen atoms in total. The van der Waals surface area contributed by atoms with E-state index in [1.54, 1.807) is 0 Å². The molecule has 0 radical (unpaired) electrons. The van der Waals surface area contributed by atoms with E-state index in [1.165, 1.54) is 12.1 Å². The van der Waals surface area contributed by atoms with E-state index in [0.29, 0.717) is 5.56 Å². The number of rotatable bonds is 7. The lowest BCUT2D eigenvalue weighted by Gasteiger charge is -2.19. The Kier molecular flexibility index (Phi) is 7.10. The van der Waals surface area contributed by atoms with Gasteiger partial charge in [-0.15, -0.1) is 0 Å². The maximum atomic E-state index is 12.2. The van der Waals surface area contributed by atoms with Gasteiger partial charge < -0.3 is 26.0 Å². The van der Waals surface area contributed by atoms with Gasteiger partial charge in [-0.2, -0.15) is 0 Å². The molecule has 8 heteroatoms. The van der Waals surface area contributed by atoms with E-state index >= 15 is 0 Å². The van der Waals surface area contributed by atoms with Crippen LogP contribution in [0.15, 0.2) is 60.7 Å². The minimum Gasteiger partial charge on any atom is -0.449 e. The van der Waals surface area contributed by atoms with Crippen molar-refractivity contribution in [2.45, 2.75) is 24.5 Å². The molecule has 0 spiro atoms. The zero-order chi connectivity index (χ0) is 23.5. The second kappa shape index (κ2) is 10.0. The Morgan fingerprint density at radius 3 is 2.12 bits per heavy atom. The molecule has 4 rings (SSSR count). The van der Waals surface area contributed by atoms with Crippen molar-refractivity contribution >= 4 is 35.0 Å². The van der Waals surface area contributed by atoms with Crippen molar-refractivity contribution in [2.75, 3.05) is 18.9 Å². The third-order valence-electron chi connectivity index (χ3n) is 5.86. The van der Waals surface area contributed by atoms with Crippen molar-refractivity contribution in [1.29, 1.82) is 0 Å². The number of benzene rings is 3. The molecule has 2 unspecified atom stereocenters. The Hall–Kier alpha value is -2.77. The van der Waals surface area contributed by atoms with Crippen LogP contribution in [-0.2, 0) is 4.74 Å². The number of amides is 1. The number of carbonyl (C=O) groups excluding carboxylic acids is 1. The van der Waals surface area contributed by atoms with E-state index in [4.69, 9.17) is 33.7 Å². The summed E-state index contributed by atoms with van der Waals surface area (Å²) >= 11 is 12.0. The summed E-state index contributed by atoms with van der Waals surface area (Å²) in [5.74, 6) is -0.0319. The molecule has 1 amide bonds. The molecule has 2 atom stereocenters. The highest BCUT2D eigenvalue weighted by Crippen LogP contribution is 2.44. The standard InChI is InChI=1S/C25H24Cl2N2O4/c26-20-11-14(12-21(27)23(20)28)24(31)22(30)9-10-29-25(32)33-13-19-17-7-3-1-5-15(17)16-6-2-4-8-18(16)19/h1-8,11-12,19,22,24,30-31H,9-10,13,28H2,(H,29,32). The van der Waals surface area contributed by atoms with Crippen LogP contribution < -0.4 is 11.1 Å². The minimum atomic E-state index is -1.23. The van der Waals surface area contributed by atoms with Gasteiger partial charge in [0.25, 0.3) is 0 Å². The molecule has 0 saturated carbocycles. The lowest BCUT2D eigenvalue weighted by Crippen LogP contribution is -2.30. The van der Waals surface area contributed by atoms with Gasteiger partial charge >= 0.3 is 6.09 Å². The van der Waals surface area contributed by atoms with Crippen molar-refractivity contribution in [3.05, 3.63) is 87.4 Å². The average molecular weight is 487 g/mol. The highest BCUT2D eigenvalue weighted by atomic mass is 35.5. The molecule has 0 aromatic heterocycles. The average Bonchev–Trinajstić information content (AvgIpc) is 3.14. The van der Waals surface area contributed by atoms with Crippen LogP contribution in [0.25, 0.3) is 11.1 Å². The molecule has 0 aliphatic heterocycles. The second-order valence-corrected chi connectivity index (χ2v) is 8.77. The number of fused-ring (bicyclic) bond motifs is 3. The number of anilines is 1. The second-order valence-electron chi connectivity index (χ2n) is 7.95. The molecule has 3 aromatic rings. The van der Waals surface area contributed by atoms with Gasteiger partial charge in [0.15, 0.2) is 0 Å². The third-order valence-corrected chi connectivity index (χ3v) is 6.49. The van der Waals surface area contributed by atoms with Gasteiger partial charge in [0.05, 0.1) is 21.8 Å². The maximum absolute atomic E-state index is 12.2. The van der Waals surface area contributed by atoms with Gasteiger partial charge in [-0.3, -0.25) is 0 Å². The van der Waals surface area contributed by atoms with Crippen LogP contribution in [0.5, 0.6) is 0 Å². The predicted molar refractivity (Wildman–Crippen MR) is 130 cm³/mol. The number of alkyl carbamates (subject to hydrolysis) is 1. The van der Waals surface area contributed by atoms with Crippen LogP contribution in [0, 0.1) is 0 Å². The first-order chi connectivity index (χ1) is 15.9. The van der Waals surface area contributed by atoms with Crippen LogP contribution in [0.4, 0.5) is 10.5 Å². The summed E-state index contributed by atoms with van der Waals surface area (Å²) in [5.41, 5.74) is 10.8. The number of hydrogen-bond donors (Lipinski definition) is 4. The number of nitrogen functional groups attached to an aromatic ring is 1. The fourth-order valence-corrected chi connectivity index (χ4v) is 4.63. The molecule has 1 aliphatic rings. The van der Waals surface area contributed by atoms with E-state index in [2.05, 4.69) is 29.6 Å². The molecule has 1 aliphatic carbocycles. The van der Waals surface area contributed by atoms with Gasteiger partial charge in [0.2, 0.25) is 0 Å². The quantitative estimate of drug-likeness (QED) is 0.355. The molecule has 5 N–H and O–H groups in total. The maximum Gasteiger partial charge on any atom is 0.407 e. The van der Waals surface area contributed by atoms with Crippen molar-refractivity contribution in [1.82, 2.24) is 5.32 Å². The van der Waals surface area contributed by atoms with Gasteiger partial charge in [0.1, 0.15) is 12.7 Å². The Morgan fingerprint density at radius 1 is 1.00 bits per heavy atom. The predicted octanol–water partition coefficient (Wildman–Crippen LogP) is 4.90. The summed E-state index contributed by atoms with van der Waals surface area (Å²) in [6.07, 6.45) is -2.86. The van der Waals surface area contributed by atoms with E-state index in [9.17, 15) is 15.0 Å². The summed E-state index contributed by atoms with van der Waals surface area (Å²) in [4.78, 5) is 12.2. The van der Waals surface area contributed by atoms with Crippen LogP contribution in [0.3, 0.4) is 0 Å². The zero-order valence-corrected chi connectivity index (χ0v) is 19.2. The normalized spacial score (nSPS) is 14.3. The van der Waals surface area contributed by atoms with Crippen molar-refractivity contribution in [3.63, 3.8) is 0 Å². The van der Waals surface area contributed by atoms with Crippen LogP contribution >= 0.6 is 23.2 Å². The van der Waals surface area contributed by atoms with Crippen LogP contribution in [0.2, 0.25) is 10.0 Å². The summed E-state index contributed by atoms with van der Waals surface area (Å²) in [6.45, 7) is 0.318. The van der Waals surface area contributed by atoms with Crippen molar-refractivity contribution in [3.8, 4) is 11.1 Å². The Balaban J connectivity index is 1.29. The highest BCUT2D eigenvalue weighted by molar-refractivity contribution is 6.38. The Labute approximate surface area is 201 Å². The number of hydrogen-bond acceptors (Lipinski definition) is 5. The van der Waals surface area contributed by atoms with Gasteiger partial charge in [0, 0.05) is 12.5 Å². The molecule has 0 fully saturated rings. The number of aliphatic hydroxyl groups is 2. The lowest BCUT2D eigenvalue weighted by atomic mass is 9.98. The highest BCUT2D eigenvalue weighted by Gasteiger charge is 2.29. The van der Waals surface area contributed by atoms with Gasteiger partial charge in [-0.1, -0.05) is 71.7 Å². The number of carbonyl (C=O) groups is 1. The Bertz CT molecular complexity index is 1100. The smallest absolute Gasteiger partial charge is 0.407 e. The minimum absolute atomic E-state index is 0.0319. The summed E-state index contributed by atoms with van der Waals surface area (Å²) < 4.78 is 5.47. The fraction of sp³-hybridized carbons (Fsp3) is 0.240. The zero-order valence-electron chi connectivity index (χ0n) is 17.7. The SMILES string of the molecule is Nc1c(Cl)cc(C(O)C(O)CCNC(=O)OCC2c3ccccc3-c3ccccc32)cc1Cl. The topological polar surface area (TPSA) is 105 Å². The molecule has 33 heavy (non-hydrogen) atoms. The molecule has 172 valence electrons. The summed E-state index contributed by atoms with van der Waals surface area (Å²) in [6, 6.07) is 19.1. The van der Waals surface area contributed by atoms with Gasteiger partial charge in [-0.05, 0) is 46.4 Å². The number of ether oxygens (including phenoxy) is 1. The summed E-state index contributed by atoms with van der Waals surface area (Å²) in [5, 5.41) is 23.7. The van der Waals surface area contributed by atoms with Crippen molar-refractivity contribution < 1.29 is 19.7 Å². The van der Waals surface area contributed by atoms with E-state index in [1.807, 2.05) is 24.3 Å². The first kappa shape index (κ1) is 23.4. The van der Waals surface area contributed by atoms with E-state index in [0.717, 1.165) is 22.3 Å². The van der Waals surface area contributed by atoms with Crippen LogP contribution in [-0.4, -0.2) is 35.6 Å². The van der Waals surface area contributed by atoms with Gasteiger partial charge in [-0.25, -0.2) is 4.79 Å². The molecule has 0 heterocycles. The molecule has 3 aromatic carbocycles. The largest absolute Gasteiger partial charge is 0.449 e. The Morgan fingerprint density at radius 2 is 1.55 bits per heavy atom. The molecule has 0 bridgehead atoms. The molecular formula is C25H24Cl2N2O4. The number of aliphatic hydroxyl groups excluding tert-OH is 2. The monoisotopic (exact) mass is 486 g/mol. The van der Waals surface area contributed by atoms with E-state index in [-0.39, 0.29) is 41.2 Å². The van der Waals surface area contributed by atoms with Crippen LogP contribution in [0.1, 0.15) is 35.1 Å². The number of nitrogens with one attached hydrogen (secondary N) is 1. The first-order valence-corrected chi connectivity index (χ1v) is 11.3. The van der Waals surface area contributed by atoms with Crippen molar-refractivity contribution in [2.24, 2.45) is 0 Å². The molecule has 0 saturated heterocycles. The first-order valence-electron chi connectivity index (χ1n) is 10.6.